The highest BCUT2D eigenvalue weighted by Crippen LogP contribution is 2.30. The summed E-state index contributed by atoms with van der Waals surface area (Å²) in [5.74, 6) is 2.46. The number of benzene rings is 1. The van der Waals surface area contributed by atoms with Crippen molar-refractivity contribution in [2.45, 2.75) is 6.92 Å². The lowest BCUT2D eigenvalue weighted by Crippen LogP contribution is -2.00. The van der Waals surface area contributed by atoms with Gasteiger partial charge in [0.15, 0.2) is 0 Å². The number of para-hydroxylation sites is 1. The lowest BCUT2D eigenvalue weighted by Gasteiger charge is -2.08. The zero-order valence-electron chi connectivity index (χ0n) is 12.7. The zero-order valence-corrected chi connectivity index (χ0v) is 12.7. The summed E-state index contributed by atoms with van der Waals surface area (Å²) in [4.78, 5) is 8.61. The fourth-order valence-electron chi connectivity index (χ4n) is 2.51. The molecular formula is C16H14N6O. The third kappa shape index (κ3) is 2.22. The Balaban J connectivity index is 1.91. The van der Waals surface area contributed by atoms with Gasteiger partial charge in [-0.05, 0) is 31.2 Å². The van der Waals surface area contributed by atoms with Crippen molar-refractivity contribution in [2.24, 2.45) is 0 Å². The molecule has 0 aliphatic carbocycles. The standard InChI is InChI=1S/C16H14N6O/c1-10-18-16(20-19-10)15-17-9-11-7-8-13(22(11)21-15)12-5-3-4-6-14(12)23-2/h3-9H,1-2H3,(H,18,19,20). The SMILES string of the molecule is COc1ccccc1-c1ccc2cnc(-c3n[nH]c(C)n3)nn12. The van der Waals surface area contributed by atoms with Crippen molar-refractivity contribution >= 4 is 5.52 Å². The monoisotopic (exact) mass is 306 g/mol. The fourth-order valence-corrected chi connectivity index (χ4v) is 2.51. The van der Waals surface area contributed by atoms with E-state index in [0.717, 1.165) is 28.3 Å². The molecule has 3 heterocycles. The molecule has 4 aromatic rings. The summed E-state index contributed by atoms with van der Waals surface area (Å²) in [5.41, 5.74) is 2.78. The Morgan fingerprint density at radius 3 is 2.74 bits per heavy atom. The van der Waals surface area contributed by atoms with Crippen LogP contribution in [0.25, 0.3) is 28.4 Å². The van der Waals surface area contributed by atoms with Crippen molar-refractivity contribution in [2.75, 3.05) is 7.11 Å². The van der Waals surface area contributed by atoms with Gasteiger partial charge in [-0.2, -0.15) is 0 Å². The Morgan fingerprint density at radius 2 is 1.96 bits per heavy atom. The molecule has 1 N–H and O–H groups in total. The Kier molecular flexibility index (Phi) is 3.04. The minimum absolute atomic E-state index is 0.467. The quantitative estimate of drug-likeness (QED) is 0.629. The van der Waals surface area contributed by atoms with Crippen molar-refractivity contribution in [3.8, 4) is 28.7 Å². The van der Waals surface area contributed by atoms with Crippen LogP contribution in [0.15, 0.2) is 42.6 Å². The number of rotatable bonds is 3. The molecule has 0 atom stereocenters. The second kappa shape index (κ2) is 5.20. The molecule has 7 heteroatoms. The van der Waals surface area contributed by atoms with Gasteiger partial charge < -0.3 is 4.74 Å². The number of hydrogen-bond acceptors (Lipinski definition) is 5. The molecule has 0 saturated carbocycles. The van der Waals surface area contributed by atoms with Gasteiger partial charge in [0.2, 0.25) is 11.6 Å². The van der Waals surface area contributed by atoms with E-state index in [1.807, 2.05) is 47.8 Å². The fraction of sp³-hybridized carbons (Fsp3) is 0.125. The summed E-state index contributed by atoms with van der Waals surface area (Å²) in [6.07, 6.45) is 1.76. The molecule has 0 fully saturated rings. The summed E-state index contributed by atoms with van der Waals surface area (Å²) < 4.78 is 7.28. The summed E-state index contributed by atoms with van der Waals surface area (Å²) in [6.45, 7) is 1.84. The third-order valence-electron chi connectivity index (χ3n) is 3.58. The number of nitrogens with one attached hydrogen (secondary N) is 1. The lowest BCUT2D eigenvalue weighted by atomic mass is 10.1. The third-order valence-corrected chi connectivity index (χ3v) is 3.58. The van der Waals surface area contributed by atoms with Gasteiger partial charge in [-0.1, -0.05) is 12.1 Å². The van der Waals surface area contributed by atoms with E-state index in [1.165, 1.54) is 0 Å². The molecule has 114 valence electrons. The number of aromatic nitrogens is 6. The smallest absolute Gasteiger partial charge is 0.220 e. The number of aryl methyl sites for hydroxylation is 1. The predicted octanol–water partition coefficient (Wildman–Crippen LogP) is 2.50. The summed E-state index contributed by atoms with van der Waals surface area (Å²) in [5, 5.41) is 11.5. The second-order valence-corrected chi connectivity index (χ2v) is 5.08. The van der Waals surface area contributed by atoms with Crippen LogP contribution in [0, 0.1) is 6.92 Å². The van der Waals surface area contributed by atoms with Crippen molar-refractivity contribution in [3.63, 3.8) is 0 Å². The van der Waals surface area contributed by atoms with Gasteiger partial charge in [-0.3, -0.25) is 5.10 Å². The molecule has 4 rings (SSSR count). The molecule has 3 aromatic heterocycles. The van der Waals surface area contributed by atoms with E-state index in [0.29, 0.717) is 11.6 Å². The van der Waals surface area contributed by atoms with E-state index in [4.69, 9.17) is 4.74 Å². The maximum atomic E-state index is 5.45. The van der Waals surface area contributed by atoms with Gasteiger partial charge in [0, 0.05) is 5.56 Å². The van der Waals surface area contributed by atoms with Crippen molar-refractivity contribution in [1.82, 2.24) is 29.8 Å². The Hall–Kier alpha value is -3.22. The van der Waals surface area contributed by atoms with Crippen LogP contribution in [0.2, 0.25) is 0 Å². The van der Waals surface area contributed by atoms with Crippen LogP contribution in [0.5, 0.6) is 5.75 Å². The average Bonchev–Trinajstić information content (AvgIpc) is 3.20. The Labute approximate surface area is 132 Å². The van der Waals surface area contributed by atoms with Crippen molar-refractivity contribution in [1.29, 1.82) is 0 Å². The summed E-state index contributed by atoms with van der Waals surface area (Å²) in [6, 6.07) is 11.8. The Morgan fingerprint density at radius 1 is 1.09 bits per heavy atom. The highest BCUT2D eigenvalue weighted by atomic mass is 16.5. The van der Waals surface area contributed by atoms with Gasteiger partial charge >= 0.3 is 0 Å². The largest absolute Gasteiger partial charge is 0.496 e. The van der Waals surface area contributed by atoms with E-state index in [9.17, 15) is 0 Å². The second-order valence-electron chi connectivity index (χ2n) is 5.08. The van der Waals surface area contributed by atoms with Gasteiger partial charge in [0.1, 0.15) is 11.6 Å². The van der Waals surface area contributed by atoms with Gasteiger partial charge in [-0.15, -0.1) is 10.2 Å². The normalized spacial score (nSPS) is 11.0. The van der Waals surface area contributed by atoms with E-state index in [1.54, 1.807) is 13.3 Å². The van der Waals surface area contributed by atoms with E-state index in [-0.39, 0.29) is 0 Å². The van der Waals surface area contributed by atoms with E-state index in [2.05, 4.69) is 25.3 Å². The highest BCUT2D eigenvalue weighted by molar-refractivity contribution is 5.71. The molecule has 0 spiro atoms. The first kappa shape index (κ1) is 13.4. The number of nitrogens with zero attached hydrogens (tertiary/aromatic N) is 5. The average molecular weight is 306 g/mol. The van der Waals surface area contributed by atoms with Gasteiger partial charge in [-0.25, -0.2) is 14.5 Å². The topological polar surface area (TPSA) is 81.0 Å². The number of methoxy groups -OCH3 is 1. The molecule has 0 aliphatic rings. The number of ether oxygens (including phenoxy) is 1. The van der Waals surface area contributed by atoms with Crippen LogP contribution in [-0.2, 0) is 0 Å². The molecule has 0 aliphatic heterocycles. The highest BCUT2D eigenvalue weighted by Gasteiger charge is 2.13. The number of fused-ring (bicyclic) bond motifs is 1. The van der Waals surface area contributed by atoms with E-state index < -0.39 is 0 Å². The molecule has 0 unspecified atom stereocenters. The number of aromatic amines is 1. The molecule has 1 aromatic carbocycles. The van der Waals surface area contributed by atoms with Crippen LogP contribution in [0.4, 0.5) is 0 Å². The van der Waals surface area contributed by atoms with Crippen LogP contribution in [0.3, 0.4) is 0 Å². The predicted molar refractivity (Wildman–Crippen MR) is 85.1 cm³/mol. The van der Waals surface area contributed by atoms with Crippen LogP contribution >= 0.6 is 0 Å². The molecule has 7 nitrogen and oxygen atoms in total. The molecule has 0 saturated heterocycles. The van der Waals surface area contributed by atoms with Gasteiger partial charge in [0.25, 0.3) is 0 Å². The van der Waals surface area contributed by atoms with Crippen molar-refractivity contribution in [3.05, 3.63) is 48.4 Å². The first-order valence-electron chi connectivity index (χ1n) is 7.14. The number of hydrogen-bond donors (Lipinski definition) is 1. The van der Waals surface area contributed by atoms with Gasteiger partial charge in [0.05, 0.1) is 24.5 Å². The Bertz CT molecular complexity index is 987. The van der Waals surface area contributed by atoms with E-state index >= 15 is 0 Å². The van der Waals surface area contributed by atoms with Crippen LogP contribution in [-0.4, -0.2) is 36.9 Å². The maximum Gasteiger partial charge on any atom is 0.220 e. The molecule has 0 amide bonds. The molecule has 0 bridgehead atoms. The molecule has 23 heavy (non-hydrogen) atoms. The summed E-state index contributed by atoms with van der Waals surface area (Å²) >= 11 is 0. The molecule has 0 radical (unpaired) electrons. The first-order chi connectivity index (χ1) is 11.3. The zero-order chi connectivity index (χ0) is 15.8. The van der Waals surface area contributed by atoms with Crippen molar-refractivity contribution < 1.29 is 4.74 Å². The molecular weight excluding hydrogens is 292 g/mol. The van der Waals surface area contributed by atoms with Crippen LogP contribution in [0.1, 0.15) is 5.82 Å². The minimum atomic E-state index is 0.467. The maximum absolute atomic E-state index is 5.45. The number of H-pyrrole nitrogens is 1. The van der Waals surface area contributed by atoms with Crippen LogP contribution < -0.4 is 4.74 Å². The minimum Gasteiger partial charge on any atom is -0.496 e. The summed E-state index contributed by atoms with van der Waals surface area (Å²) in [7, 11) is 1.66. The first-order valence-corrected chi connectivity index (χ1v) is 7.14. The lowest BCUT2D eigenvalue weighted by molar-refractivity contribution is 0.416.